The van der Waals surface area contributed by atoms with Crippen LogP contribution in [0.5, 0.6) is 0 Å². The van der Waals surface area contributed by atoms with E-state index in [1.165, 1.54) is 173 Å². The van der Waals surface area contributed by atoms with E-state index in [9.17, 15) is 14.4 Å². The minimum atomic E-state index is -0.785. The second-order valence-electron chi connectivity index (χ2n) is 20.9. The fourth-order valence-corrected chi connectivity index (χ4v) is 9.08. The molecule has 0 bridgehead atoms. The van der Waals surface area contributed by atoms with Crippen LogP contribution in [0.1, 0.15) is 323 Å². The molecule has 0 heterocycles. The Hall–Kier alpha value is -2.89. The molecule has 0 aromatic rings. The summed E-state index contributed by atoms with van der Waals surface area (Å²) in [5.41, 5.74) is 0. The molecule has 0 N–H and O–H groups in total. The second kappa shape index (κ2) is 60.7. The molecule has 0 amide bonds. The molecular weight excluding hydrogens is 889 g/mol. The van der Waals surface area contributed by atoms with Crippen LogP contribution in [0.2, 0.25) is 0 Å². The molecule has 0 rings (SSSR count). The maximum atomic E-state index is 12.9. The van der Waals surface area contributed by atoms with Gasteiger partial charge >= 0.3 is 17.9 Å². The van der Waals surface area contributed by atoms with E-state index in [2.05, 4.69) is 81.5 Å². The van der Waals surface area contributed by atoms with Gasteiger partial charge in [0.1, 0.15) is 13.2 Å². The molecule has 0 aromatic heterocycles. The van der Waals surface area contributed by atoms with Gasteiger partial charge in [0.2, 0.25) is 0 Å². The highest BCUT2D eigenvalue weighted by molar-refractivity contribution is 5.71. The summed E-state index contributed by atoms with van der Waals surface area (Å²) in [6.45, 7) is 6.54. The van der Waals surface area contributed by atoms with Crippen LogP contribution in [0.4, 0.5) is 0 Å². The van der Waals surface area contributed by atoms with Crippen LogP contribution in [0.3, 0.4) is 0 Å². The Morgan fingerprint density at radius 2 is 0.542 bits per heavy atom. The summed E-state index contributed by atoms with van der Waals surface area (Å²) in [5, 5.41) is 0. The minimum absolute atomic E-state index is 0.0802. The molecule has 0 saturated carbocycles. The average molecular weight is 1010 g/mol. The average Bonchev–Trinajstić information content (AvgIpc) is 3.38. The molecule has 0 radical (unpaired) electrons. The third-order valence-electron chi connectivity index (χ3n) is 13.8. The highest BCUT2D eigenvalue weighted by Gasteiger charge is 2.19. The van der Waals surface area contributed by atoms with Crippen molar-refractivity contribution in [3.05, 3.63) is 60.8 Å². The van der Waals surface area contributed by atoms with Gasteiger partial charge in [0.15, 0.2) is 6.10 Å². The van der Waals surface area contributed by atoms with E-state index in [0.29, 0.717) is 19.3 Å². The van der Waals surface area contributed by atoms with Gasteiger partial charge in [-0.3, -0.25) is 14.4 Å². The first kappa shape index (κ1) is 69.1. The van der Waals surface area contributed by atoms with E-state index in [4.69, 9.17) is 14.2 Å². The lowest BCUT2D eigenvalue weighted by molar-refractivity contribution is -0.167. The van der Waals surface area contributed by atoms with Crippen molar-refractivity contribution in [2.45, 2.75) is 329 Å². The first-order valence-electron chi connectivity index (χ1n) is 31.3. The fraction of sp³-hybridized carbons (Fsp3) is 0.803. The van der Waals surface area contributed by atoms with Crippen molar-refractivity contribution in [2.75, 3.05) is 13.2 Å². The lowest BCUT2D eigenvalue weighted by atomic mass is 10.0. The maximum absolute atomic E-state index is 12.9. The summed E-state index contributed by atoms with van der Waals surface area (Å²) in [7, 11) is 0. The summed E-state index contributed by atoms with van der Waals surface area (Å²) < 4.78 is 16.9. The number of carbonyl (C=O) groups excluding carboxylic acids is 3. The molecule has 0 aliphatic rings. The predicted octanol–water partition coefficient (Wildman–Crippen LogP) is 21.2. The van der Waals surface area contributed by atoms with Gasteiger partial charge in [-0.25, -0.2) is 0 Å². The van der Waals surface area contributed by atoms with Crippen molar-refractivity contribution >= 4 is 17.9 Å². The van der Waals surface area contributed by atoms with E-state index in [1.54, 1.807) is 0 Å². The fourth-order valence-electron chi connectivity index (χ4n) is 9.08. The molecule has 0 saturated heterocycles. The smallest absolute Gasteiger partial charge is 0.306 e. The van der Waals surface area contributed by atoms with Crippen molar-refractivity contribution < 1.29 is 28.6 Å². The van der Waals surface area contributed by atoms with Gasteiger partial charge in [-0.1, -0.05) is 281 Å². The Morgan fingerprint density at radius 3 is 0.861 bits per heavy atom. The molecule has 0 fully saturated rings. The number of hydrogen-bond donors (Lipinski definition) is 0. The van der Waals surface area contributed by atoms with Crippen molar-refractivity contribution in [1.82, 2.24) is 0 Å². The number of carbonyl (C=O) groups is 3. The van der Waals surface area contributed by atoms with Gasteiger partial charge in [0.05, 0.1) is 0 Å². The third kappa shape index (κ3) is 58.0. The molecule has 0 aliphatic heterocycles. The van der Waals surface area contributed by atoms with Crippen LogP contribution >= 0.6 is 0 Å². The quantitative estimate of drug-likeness (QED) is 0.0261. The first-order valence-corrected chi connectivity index (χ1v) is 31.3. The number of hydrogen-bond acceptors (Lipinski definition) is 6. The molecule has 72 heavy (non-hydrogen) atoms. The lowest BCUT2D eigenvalue weighted by Crippen LogP contribution is -2.30. The Balaban J connectivity index is 4.35. The lowest BCUT2D eigenvalue weighted by Gasteiger charge is -2.18. The van der Waals surface area contributed by atoms with Crippen LogP contribution < -0.4 is 0 Å². The summed E-state index contributed by atoms with van der Waals surface area (Å²) >= 11 is 0. The Labute approximate surface area is 447 Å². The van der Waals surface area contributed by atoms with Crippen molar-refractivity contribution in [3.8, 4) is 0 Å². The zero-order chi connectivity index (χ0) is 52.2. The molecule has 0 spiro atoms. The van der Waals surface area contributed by atoms with Crippen LogP contribution in [0, 0.1) is 0 Å². The molecule has 1 atom stereocenters. The summed E-state index contributed by atoms with van der Waals surface area (Å²) in [4.78, 5) is 38.3. The van der Waals surface area contributed by atoms with Crippen LogP contribution in [0.15, 0.2) is 60.8 Å². The maximum Gasteiger partial charge on any atom is 0.306 e. The monoisotopic (exact) mass is 1010 g/mol. The van der Waals surface area contributed by atoms with Gasteiger partial charge in [0.25, 0.3) is 0 Å². The molecule has 6 heteroatoms. The Kier molecular flexibility index (Phi) is 58.2. The molecule has 1 unspecified atom stereocenters. The standard InChI is InChI=1S/C66H118O6/c1-4-7-10-13-16-19-22-25-28-30-32-33-34-36-38-41-44-47-50-53-56-59-65(68)71-62-63(61-70-64(67)58-55-52-49-46-43-40-37-27-24-21-18-15-12-9-6-3)72-66(69)60-57-54-51-48-45-42-39-35-31-29-26-23-20-17-14-11-8-5-2/h9,12,18,20-21,23,27,29,31,37,63H,4-8,10-11,13-17,19,22,24-26,28,30,32-36,38-62H2,1-3H3/b12-9-,21-18-,23-20-,31-29-,37-27-. The normalized spacial score (nSPS) is 12.4. The zero-order valence-corrected chi connectivity index (χ0v) is 47.9. The number of unbranched alkanes of at least 4 members (excludes halogenated alkanes) is 36. The minimum Gasteiger partial charge on any atom is -0.462 e. The topological polar surface area (TPSA) is 78.9 Å². The number of allylic oxidation sites excluding steroid dienone is 10. The van der Waals surface area contributed by atoms with Crippen molar-refractivity contribution in [2.24, 2.45) is 0 Å². The predicted molar refractivity (Wildman–Crippen MR) is 312 cm³/mol. The Bertz CT molecular complexity index is 1290. The zero-order valence-electron chi connectivity index (χ0n) is 47.9. The van der Waals surface area contributed by atoms with Gasteiger partial charge < -0.3 is 14.2 Å². The van der Waals surface area contributed by atoms with Gasteiger partial charge in [-0.05, 0) is 83.5 Å². The van der Waals surface area contributed by atoms with E-state index in [0.717, 1.165) is 109 Å². The molecule has 418 valence electrons. The van der Waals surface area contributed by atoms with Crippen LogP contribution in [0.25, 0.3) is 0 Å². The highest BCUT2D eigenvalue weighted by Crippen LogP contribution is 2.17. The van der Waals surface area contributed by atoms with Crippen LogP contribution in [-0.2, 0) is 28.6 Å². The van der Waals surface area contributed by atoms with E-state index < -0.39 is 6.10 Å². The summed E-state index contributed by atoms with van der Waals surface area (Å²) in [5.74, 6) is -0.889. The highest BCUT2D eigenvalue weighted by atomic mass is 16.6. The van der Waals surface area contributed by atoms with Gasteiger partial charge in [-0.15, -0.1) is 0 Å². The number of ether oxygens (including phenoxy) is 3. The molecular formula is C66H118O6. The second-order valence-corrected chi connectivity index (χ2v) is 20.9. The van der Waals surface area contributed by atoms with Crippen molar-refractivity contribution in [1.29, 1.82) is 0 Å². The van der Waals surface area contributed by atoms with Crippen molar-refractivity contribution in [3.63, 3.8) is 0 Å². The van der Waals surface area contributed by atoms with E-state index in [1.807, 2.05) is 0 Å². The molecule has 0 aliphatic carbocycles. The van der Waals surface area contributed by atoms with Gasteiger partial charge in [0, 0.05) is 19.3 Å². The summed E-state index contributed by atoms with van der Waals surface area (Å²) in [6, 6.07) is 0. The largest absolute Gasteiger partial charge is 0.462 e. The van der Waals surface area contributed by atoms with E-state index >= 15 is 0 Å². The Morgan fingerprint density at radius 1 is 0.292 bits per heavy atom. The molecule has 0 aromatic carbocycles. The van der Waals surface area contributed by atoms with Gasteiger partial charge in [-0.2, -0.15) is 0 Å². The molecule has 6 nitrogen and oxygen atoms in total. The SMILES string of the molecule is CC/C=C\C/C=C\C/C=C\CCCCCCCC(=O)OCC(COC(=O)CCCCCCCCCCCCCCCCCCCCCCC)OC(=O)CCCCCCCCC/C=C\C/C=C\CCCCCC. The van der Waals surface area contributed by atoms with Crippen LogP contribution in [-0.4, -0.2) is 37.2 Å². The number of esters is 3. The number of rotatable bonds is 57. The van der Waals surface area contributed by atoms with E-state index in [-0.39, 0.29) is 31.1 Å². The summed E-state index contributed by atoms with van der Waals surface area (Å²) in [6.07, 6.45) is 76.5. The third-order valence-corrected chi connectivity index (χ3v) is 13.8. The first-order chi connectivity index (χ1) is 35.5.